The Bertz CT molecular complexity index is 652. The van der Waals surface area contributed by atoms with Crippen LogP contribution in [0.2, 0.25) is 0 Å². The molecule has 2 rings (SSSR count). The number of aromatic hydroxyl groups is 1. The summed E-state index contributed by atoms with van der Waals surface area (Å²) in [5.41, 5.74) is 0.131. The lowest BCUT2D eigenvalue weighted by Gasteiger charge is -2.05. The molecule has 2 aromatic rings. The molecule has 1 aromatic carbocycles. The third-order valence-corrected chi connectivity index (χ3v) is 2.35. The van der Waals surface area contributed by atoms with Gasteiger partial charge >= 0.3 is 0 Å². The Balaban J connectivity index is 2.19. The van der Waals surface area contributed by atoms with E-state index in [2.05, 4.69) is 5.32 Å². The van der Waals surface area contributed by atoms with Crippen LogP contribution in [0.4, 0.5) is 5.69 Å². The van der Waals surface area contributed by atoms with Gasteiger partial charge in [0, 0.05) is 6.08 Å². The molecule has 0 unspecified atom stereocenters. The number of phenols is 1. The fourth-order valence-electron chi connectivity index (χ4n) is 1.43. The third kappa shape index (κ3) is 3.01. The Morgan fingerprint density at radius 1 is 1.32 bits per heavy atom. The van der Waals surface area contributed by atoms with Crippen LogP contribution in [-0.4, -0.2) is 11.0 Å². The number of amides is 1. The SMILES string of the molecule is N#C/C(=C\c1ccco1)C(=O)Nc1ccccc1O. The van der Waals surface area contributed by atoms with Crippen molar-refractivity contribution in [2.75, 3.05) is 5.32 Å². The van der Waals surface area contributed by atoms with Crippen LogP contribution in [0.1, 0.15) is 5.76 Å². The minimum Gasteiger partial charge on any atom is -0.506 e. The van der Waals surface area contributed by atoms with Gasteiger partial charge in [0.25, 0.3) is 5.91 Å². The maximum Gasteiger partial charge on any atom is 0.266 e. The van der Waals surface area contributed by atoms with Crippen LogP contribution < -0.4 is 5.32 Å². The van der Waals surface area contributed by atoms with E-state index in [9.17, 15) is 9.90 Å². The van der Waals surface area contributed by atoms with E-state index in [1.807, 2.05) is 0 Å². The molecule has 0 saturated carbocycles. The molecule has 5 heteroatoms. The molecule has 5 nitrogen and oxygen atoms in total. The molecule has 0 fully saturated rings. The van der Waals surface area contributed by atoms with Gasteiger partial charge in [0.1, 0.15) is 23.2 Å². The highest BCUT2D eigenvalue weighted by atomic mass is 16.3. The molecule has 0 spiro atoms. The zero-order valence-electron chi connectivity index (χ0n) is 9.83. The summed E-state index contributed by atoms with van der Waals surface area (Å²) in [5.74, 6) is -0.268. The van der Waals surface area contributed by atoms with Crippen LogP contribution in [0.3, 0.4) is 0 Å². The Morgan fingerprint density at radius 2 is 2.11 bits per heavy atom. The average molecular weight is 254 g/mol. The number of hydrogen-bond donors (Lipinski definition) is 2. The lowest BCUT2D eigenvalue weighted by molar-refractivity contribution is -0.112. The van der Waals surface area contributed by atoms with E-state index in [0.29, 0.717) is 5.76 Å². The van der Waals surface area contributed by atoms with Crippen molar-refractivity contribution in [2.24, 2.45) is 0 Å². The fourth-order valence-corrected chi connectivity index (χ4v) is 1.43. The van der Waals surface area contributed by atoms with Crippen molar-refractivity contribution in [3.63, 3.8) is 0 Å². The monoisotopic (exact) mass is 254 g/mol. The molecular weight excluding hydrogens is 244 g/mol. The first-order chi connectivity index (χ1) is 9.20. The lowest BCUT2D eigenvalue weighted by Crippen LogP contribution is -2.13. The largest absolute Gasteiger partial charge is 0.506 e. The first-order valence-corrected chi connectivity index (χ1v) is 5.45. The second kappa shape index (κ2) is 5.56. The van der Waals surface area contributed by atoms with Gasteiger partial charge in [0.05, 0.1) is 12.0 Å². The lowest BCUT2D eigenvalue weighted by atomic mass is 10.2. The summed E-state index contributed by atoms with van der Waals surface area (Å²) < 4.78 is 5.03. The molecule has 0 aliphatic rings. The summed E-state index contributed by atoms with van der Waals surface area (Å²) in [6.45, 7) is 0. The Kier molecular flexibility index (Phi) is 3.64. The van der Waals surface area contributed by atoms with Gasteiger partial charge in [-0.25, -0.2) is 0 Å². The van der Waals surface area contributed by atoms with Gasteiger partial charge in [0.2, 0.25) is 0 Å². The summed E-state index contributed by atoms with van der Waals surface area (Å²) >= 11 is 0. The molecule has 1 heterocycles. The molecule has 0 atom stereocenters. The van der Waals surface area contributed by atoms with Gasteiger partial charge < -0.3 is 14.8 Å². The van der Waals surface area contributed by atoms with Gasteiger partial charge in [-0.3, -0.25) is 4.79 Å². The standard InChI is InChI=1S/C14H10N2O3/c15-9-10(8-11-4-3-7-19-11)14(18)16-12-5-1-2-6-13(12)17/h1-8,17H,(H,16,18)/b10-8+. The number of nitriles is 1. The molecule has 94 valence electrons. The number of rotatable bonds is 3. The number of para-hydroxylation sites is 2. The number of benzene rings is 1. The van der Waals surface area contributed by atoms with Gasteiger partial charge in [0.15, 0.2) is 0 Å². The Morgan fingerprint density at radius 3 is 2.74 bits per heavy atom. The number of carbonyl (C=O) groups excluding carboxylic acids is 1. The summed E-state index contributed by atoms with van der Waals surface area (Å²) in [4.78, 5) is 11.9. The summed E-state index contributed by atoms with van der Waals surface area (Å²) in [7, 11) is 0. The molecule has 0 aliphatic carbocycles. The highest BCUT2D eigenvalue weighted by Gasteiger charge is 2.11. The van der Waals surface area contributed by atoms with E-state index in [-0.39, 0.29) is 17.0 Å². The summed E-state index contributed by atoms with van der Waals surface area (Å²) in [5, 5.41) is 20.9. The van der Waals surface area contributed by atoms with E-state index < -0.39 is 5.91 Å². The smallest absolute Gasteiger partial charge is 0.266 e. The topological polar surface area (TPSA) is 86.3 Å². The van der Waals surface area contributed by atoms with Crippen LogP contribution in [-0.2, 0) is 4.79 Å². The number of furan rings is 1. The molecule has 0 radical (unpaired) electrons. The van der Waals surface area contributed by atoms with E-state index >= 15 is 0 Å². The predicted molar refractivity (Wildman–Crippen MR) is 69.0 cm³/mol. The van der Waals surface area contributed by atoms with Crippen molar-refractivity contribution in [3.05, 3.63) is 54.0 Å². The normalized spacial score (nSPS) is 10.8. The number of nitrogens with one attached hydrogen (secondary N) is 1. The number of nitrogens with zero attached hydrogens (tertiary/aromatic N) is 1. The number of carbonyl (C=O) groups is 1. The number of hydrogen-bond acceptors (Lipinski definition) is 4. The molecule has 0 aliphatic heterocycles. The third-order valence-electron chi connectivity index (χ3n) is 2.35. The van der Waals surface area contributed by atoms with E-state index in [4.69, 9.17) is 9.68 Å². The maximum atomic E-state index is 11.9. The van der Waals surface area contributed by atoms with E-state index in [1.54, 1.807) is 30.3 Å². The van der Waals surface area contributed by atoms with Crippen molar-refractivity contribution in [3.8, 4) is 11.8 Å². The molecule has 19 heavy (non-hydrogen) atoms. The van der Waals surface area contributed by atoms with Crippen molar-refractivity contribution in [1.29, 1.82) is 5.26 Å². The number of phenolic OH excluding ortho intramolecular Hbond substituents is 1. The number of anilines is 1. The maximum absolute atomic E-state index is 11.9. The highest BCUT2D eigenvalue weighted by molar-refractivity contribution is 6.10. The minimum atomic E-state index is -0.611. The molecular formula is C14H10N2O3. The Hall–Kier alpha value is -3.00. The van der Waals surface area contributed by atoms with Crippen LogP contribution >= 0.6 is 0 Å². The molecule has 2 N–H and O–H groups in total. The molecule has 1 amide bonds. The van der Waals surface area contributed by atoms with E-state index in [1.165, 1.54) is 24.5 Å². The Labute approximate surface area is 109 Å². The van der Waals surface area contributed by atoms with Crippen LogP contribution in [0.25, 0.3) is 6.08 Å². The van der Waals surface area contributed by atoms with Gasteiger partial charge in [-0.15, -0.1) is 0 Å². The predicted octanol–water partition coefficient (Wildman–Crippen LogP) is 2.53. The van der Waals surface area contributed by atoms with Crippen LogP contribution in [0.15, 0.2) is 52.7 Å². The molecule has 0 saturated heterocycles. The van der Waals surface area contributed by atoms with Crippen molar-refractivity contribution < 1.29 is 14.3 Å². The van der Waals surface area contributed by atoms with Gasteiger partial charge in [-0.05, 0) is 24.3 Å². The second-order valence-electron chi connectivity index (χ2n) is 3.66. The second-order valence-corrected chi connectivity index (χ2v) is 3.66. The van der Waals surface area contributed by atoms with Crippen molar-refractivity contribution in [2.45, 2.75) is 0 Å². The summed E-state index contributed by atoms with van der Waals surface area (Å²) in [6.07, 6.45) is 2.77. The molecule has 0 bridgehead atoms. The first kappa shape index (κ1) is 12.5. The highest BCUT2D eigenvalue weighted by Crippen LogP contribution is 2.22. The quantitative estimate of drug-likeness (QED) is 0.500. The zero-order chi connectivity index (χ0) is 13.7. The average Bonchev–Trinajstić information content (AvgIpc) is 2.91. The van der Waals surface area contributed by atoms with E-state index in [0.717, 1.165) is 0 Å². The summed E-state index contributed by atoms with van der Waals surface area (Å²) in [6, 6.07) is 11.3. The van der Waals surface area contributed by atoms with Gasteiger partial charge in [-0.2, -0.15) is 5.26 Å². The fraction of sp³-hybridized carbons (Fsp3) is 0. The van der Waals surface area contributed by atoms with Crippen molar-refractivity contribution in [1.82, 2.24) is 0 Å². The van der Waals surface area contributed by atoms with Gasteiger partial charge in [-0.1, -0.05) is 12.1 Å². The zero-order valence-corrected chi connectivity index (χ0v) is 9.83. The minimum absolute atomic E-state index is 0.0638. The van der Waals surface area contributed by atoms with Crippen molar-refractivity contribution >= 4 is 17.7 Å². The first-order valence-electron chi connectivity index (χ1n) is 5.45. The van der Waals surface area contributed by atoms with Crippen LogP contribution in [0, 0.1) is 11.3 Å². The van der Waals surface area contributed by atoms with Crippen LogP contribution in [0.5, 0.6) is 5.75 Å². The molecule has 1 aromatic heterocycles.